The van der Waals surface area contributed by atoms with E-state index >= 15 is 8.78 Å². The van der Waals surface area contributed by atoms with Crippen molar-refractivity contribution < 1.29 is 28.2 Å². The van der Waals surface area contributed by atoms with Gasteiger partial charge < -0.3 is 14.6 Å². The van der Waals surface area contributed by atoms with Gasteiger partial charge in [0.25, 0.3) is 0 Å². The molecule has 0 saturated heterocycles. The SMILES string of the molecule is COc1cc(-c2cc(F)c(COc3cccc([C@H](C4CC4)C(C)C(=O)O)c3)cc2[C@@H]2CCCC2(C)C)c(F)cn1. The zero-order chi connectivity index (χ0) is 28.6. The topological polar surface area (TPSA) is 68.7 Å². The standard InChI is InChI=1S/C33H37F2NO4/c1-19(32(37)38)31(20-10-11-20)21-7-5-8-23(13-21)40-18-22-14-25(27-9-6-12-33(27,2)3)24(15-28(22)34)26-16-30(39-4)36-17-29(26)35/h5,7-8,13-17,19-20,27,31H,6,9-12,18H2,1-4H3,(H,37,38)/t19?,27-,31-/m0/s1. The van der Waals surface area contributed by atoms with Crippen LogP contribution in [0.15, 0.2) is 48.7 Å². The number of carbonyl (C=O) groups is 1. The molecule has 5 nitrogen and oxygen atoms in total. The van der Waals surface area contributed by atoms with Crippen molar-refractivity contribution in [3.63, 3.8) is 0 Å². The van der Waals surface area contributed by atoms with Gasteiger partial charge in [-0.2, -0.15) is 0 Å². The minimum Gasteiger partial charge on any atom is -0.489 e. The predicted molar refractivity (Wildman–Crippen MR) is 150 cm³/mol. The number of rotatable bonds is 10. The number of hydrogen-bond acceptors (Lipinski definition) is 4. The number of aromatic nitrogens is 1. The number of hydrogen-bond donors (Lipinski definition) is 1. The quantitative estimate of drug-likeness (QED) is 0.277. The van der Waals surface area contributed by atoms with E-state index in [4.69, 9.17) is 9.47 Å². The predicted octanol–water partition coefficient (Wildman–Crippen LogP) is 8.12. The van der Waals surface area contributed by atoms with Crippen LogP contribution in [0.5, 0.6) is 11.6 Å². The molecule has 2 aromatic carbocycles. The summed E-state index contributed by atoms with van der Waals surface area (Å²) >= 11 is 0. The molecule has 0 radical (unpaired) electrons. The number of pyridine rings is 1. The molecule has 0 amide bonds. The molecule has 2 aliphatic carbocycles. The van der Waals surface area contributed by atoms with Crippen LogP contribution in [0.25, 0.3) is 11.1 Å². The second-order valence-corrected chi connectivity index (χ2v) is 12.0. The van der Waals surface area contributed by atoms with Crippen molar-refractivity contribution in [2.45, 2.75) is 71.3 Å². The van der Waals surface area contributed by atoms with Gasteiger partial charge in [0.05, 0.1) is 19.2 Å². The van der Waals surface area contributed by atoms with Crippen LogP contribution in [0.4, 0.5) is 8.78 Å². The molecule has 0 bridgehead atoms. The summed E-state index contributed by atoms with van der Waals surface area (Å²) < 4.78 is 42.0. The molecule has 1 N–H and O–H groups in total. The van der Waals surface area contributed by atoms with Crippen LogP contribution in [0.1, 0.15) is 81.4 Å². The zero-order valence-electron chi connectivity index (χ0n) is 23.5. The summed E-state index contributed by atoms with van der Waals surface area (Å²) in [4.78, 5) is 15.7. The van der Waals surface area contributed by atoms with Gasteiger partial charge >= 0.3 is 5.97 Å². The largest absolute Gasteiger partial charge is 0.489 e. The zero-order valence-corrected chi connectivity index (χ0v) is 23.5. The molecule has 1 unspecified atom stereocenters. The number of ether oxygens (including phenoxy) is 2. The van der Waals surface area contributed by atoms with Gasteiger partial charge in [0.2, 0.25) is 5.88 Å². The first-order chi connectivity index (χ1) is 19.1. The van der Waals surface area contributed by atoms with Crippen LogP contribution >= 0.6 is 0 Å². The van der Waals surface area contributed by atoms with E-state index in [-0.39, 0.29) is 35.3 Å². The van der Waals surface area contributed by atoms with Gasteiger partial charge in [-0.05, 0) is 89.8 Å². The summed E-state index contributed by atoms with van der Waals surface area (Å²) in [7, 11) is 1.47. The first-order valence-electron chi connectivity index (χ1n) is 14.1. The van der Waals surface area contributed by atoms with E-state index in [1.807, 2.05) is 30.3 Å². The molecule has 1 aromatic heterocycles. The lowest BCUT2D eigenvalue weighted by molar-refractivity contribution is -0.142. The maximum Gasteiger partial charge on any atom is 0.306 e. The maximum atomic E-state index is 15.6. The Bertz CT molecular complexity index is 1400. The van der Waals surface area contributed by atoms with E-state index in [0.717, 1.165) is 49.4 Å². The first kappa shape index (κ1) is 28.1. The number of aliphatic carboxylic acids is 1. The average molecular weight is 550 g/mol. The van der Waals surface area contributed by atoms with Crippen molar-refractivity contribution >= 4 is 5.97 Å². The highest BCUT2D eigenvalue weighted by atomic mass is 19.1. The molecule has 0 aliphatic heterocycles. The summed E-state index contributed by atoms with van der Waals surface area (Å²) in [5.41, 5.74) is 2.98. The Morgan fingerprint density at radius 3 is 2.52 bits per heavy atom. The molecule has 2 aliphatic rings. The van der Waals surface area contributed by atoms with Crippen LogP contribution in [0.3, 0.4) is 0 Å². The Morgan fingerprint density at radius 2 is 1.88 bits per heavy atom. The van der Waals surface area contributed by atoms with Crippen molar-refractivity contribution in [1.82, 2.24) is 4.98 Å². The number of carboxylic acids is 1. The fraction of sp³-hybridized carbons (Fsp3) is 0.455. The highest BCUT2D eigenvalue weighted by Gasteiger charge is 2.39. The fourth-order valence-corrected chi connectivity index (χ4v) is 6.46. The lowest BCUT2D eigenvalue weighted by Gasteiger charge is -2.30. The summed E-state index contributed by atoms with van der Waals surface area (Å²) in [6.45, 7) is 6.16. The Balaban J connectivity index is 1.48. The lowest BCUT2D eigenvalue weighted by atomic mass is 9.75. The van der Waals surface area contributed by atoms with Gasteiger partial charge in [-0.3, -0.25) is 4.79 Å². The molecule has 2 fully saturated rings. The van der Waals surface area contributed by atoms with Crippen molar-refractivity contribution in [2.75, 3.05) is 7.11 Å². The van der Waals surface area contributed by atoms with E-state index in [0.29, 0.717) is 22.8 Å². The summed E-state index contributed by atoms with van der Waals surface area (Å²) in [6.07, 6.45) is 6.17. The Kier molecular flexibility index (Phi) is 7.85. The van der Waals surface area contributed by atoms with Crippen molar-refractivity contribution in [2.24, 2.45) is 17.3 Å². The van der Waals surface area contributed by atoms with Crippen LogP contribution < -0.4 is 9.47 Å². The average Bonchev–Trinajstić information content (AvgIpc) is 3.69. The Morgan fingerprint density at radius 1 is 1.10 bits per heavy atom. The van der Waals surface area contributed by atoms with Gasteiger partial charge in [-0.25, -0.2) is 13.8 Å². The van der Waals surface area contributed by atoms with Gasteiger partial charge in [0.15, 0.2) is 0 Å². The van der Waals surface area contributed by atoms with Gasteiger partial charge in [0, 0.05) is 17.2 Å². The highest BCUT2D eigenvalue weighted by molar-refractivity contribution is 5.71. The van der Waals surface area contributed by atoms with E-state index in [2.05, 4.69) is 18.8 Å². The summed E-state index contributed by atoms with van der Waals surface area (Å²) in [5, 5.41) is 9.64. The third-order valence-corrected chi connectivity index (χ3v) is 8.88. The molecule has 0 spiro atoms. The van der Waals surface area contributed by atoms with Crippen LogP contribution in [-0.4, -0.2) is 23.2 Å². The monoisotopic (exact) mass is 549 g/mol. The lowest BCUT2D eigenvalue weighted by Crippen LogP contribution is -2.20. The second kappa shape index (κ2) is 11.2. The maximum absolute atomic E-state index is 15.6. The van der Waals surface area contributed by atoms with Crippen molar-refractivity contribution in [3.05, 3.63) is 77.0 Å². The minimum atomic E-state index is -0.809. The third-order valence-electron chi connectivity index (χ3n) is 8.88. The molecular weight excluding hydrogens is 512 g/mol. The molecule has 5 rings (SSSR count). The molecular formula is C33H37F2NO4. The molecule has 3 aromatic rings. The second-order valence-electron chi connectivity index (χ2n) is 12.0. The van der Waals surface area contributed by atoms with Crippen molar-refractivity contribution in [1.29, 1.82) is 0 Å². The number of methoxy groups -OCH3 is 1. The third kappa shape index (κ3) is 5.70. The molecule has 40 heavy (non-hydrogen) atoms. The highest BCUT2D eigenvalue weighted by Crippen LogP contribution is 2.52. The van der Waals surface area contributed by atoms with Gasteiger partial charge in [0.1, 0.15) is 24.0 Å². The summed E-state index contributed by atoms with van der Waals surface area (Å²) in [6, 6.07) is 12.3. The van der Waals surface area contributed by atoms with Crippen LogP contribution in [0, 0.1) is 28.9 Å². The van der Waals surface area contributed by atoms with E-state index in [1.54, 1.807) is 6.92 Å². The van der Waals surface area contributed by atoms with E-state index in [1.165, 1.54) is 19.2 Å². The molecule has 2 saturated carbocycles. The van der Waals surface area contributed by atoms with Crippen LogP contribution in [-0.2, 0) is 11.4 Å². The smallest absolute Gasteiger partial charge is 0.306 e. The van der Waals surface area contributed by atoms with E-state index in [9.17, 15) is 9.90 Å². The number of halogens is 2. The molecule has 7 heteroatoms. The first-order valence-corrected chi connectivity index (χ1v) is 14.1. The minimum absolute atomic E-state index is 0.000440. The fourth-order valence-electron chi connectivity index (χ4n) is 6.46. The Labute approximate surface area is 234 Å². The van der Waals surface area contributed by atoms with Crippen molar-refractivity contribution in [3.8, 4) is 22.8 Å². The number of benzene rings is 2. The van der Waals surface area contributed by atoms with Crippen LogP contribution in [0.2, 0.25) is 0 Å². The summed E-state index contributed by atoms with van der Waals surface area (Å²) in [5.74, 6) is -1.08. The number of nitrogens with zero attached hydrogens (tertiary/aromatic N) is 1. The Hall–Kier alpha value is -3.48. The normalized spacial score (nSPS) is 19.7. The molecule has 3 atom stereocenters. The molecule has 212 valence electrons. The van der Waals surface area contributed by atoms with Gasteiger partial charge in [-0.1, -0.05) is 39.3 Å². The van der Waals surface area contributed by atoms with E-state index < -0.39 is 23.5 Å². The van der Waals surface area contributed by atoms with Gasteiger partial charge in [-0.15, -0.1) is 0 Å². The molecule has 1 heterocycles. The number of carboxylic acid groups (broad SMARTS) is 1.